The number of amides is 1. The fraction of sp³-hybridized carbons (Fsp3) is 0.435. The Morgan fingerprint density at radius 2 is 1.81 bits per heavy atom. The van der Waals surface area contributed by atoms with Crippen molar-refractivity contribution >= 4 is 5.91 Å². The van der Waals surface area contributed by atoms with Gasteiger partial charge in [0.2, 0.25) is 0 Å². The number of ether oxygens (including phenoxy) is 1. The van der Waals surface area contributed by atoms with Gasteiger partial charge in [-0.1, -0.05) is 57.2 Å². The van der Waals surface area contributed by atoms with Gasteiger partial charge in [-0.3, -0.25) is 4.79 Å². The van der Waals surface area contributed by atoms with Crippen molar-refractivity contribution in [2.24, 2.45) is 0 Å². The number of carbonyl (C=O) groups is 1. The van der Waals surface area contributed by atoms with E-state index in [1.54, 1.807) is 0 Å². The van der Waals surface area contributed by atoms with Crippen LogP contribution in [0.15, 0.2) is 48.5 Å². The predicted molar refractivity (Wildman–Crippen MR) is 105 cm³/mol. The summed E-state index contributed by atoms with van der Waals surface area (Å²) >= 11 is 0. The molecule has 0 spiro atoms. The minimum absolute atomic E-state index is 0.0633. The number of rotatable bonds is 4. The van der Waals surface area contributed by atoms with Crippen molar-refractivity contribution in [3.8, 4) is 5.75 Å². The van der Waals surface area contributed by atoms with Gasteiger partial charge in [-0.05, 0) is 60.4 Å². The molecule has 0 unspecified atom stereocenters. The lowest BCUT2D eigenvalue weighted by atomic mass is 9.87. The number of carbonyl (C=O) groups excluding carboxylic acids is 1. The van der Waals surface area contributed by atoms with Gasteiger partial charge in [0.15, 0.2) is 6.10 Å². The first-order valence-corrected chi connectivity index (χ1v) is 9.50. The van der Waals surface area contributed by atoms with E-state index in [2.05, 4.69) is 56.4 Å². The molecule has 2 aromatic carbocycles. The van der Waals surface area contributed by atoms with Gasteiger partial charge in [0.05, 0.1) is 6.04 Å². The maximum Gasteiger partial charge on any atom is 0.261 e. The molecular formula is C23H29NO2. The molecule has 3 nitrogen and oxygen atoms in total. The zero-order valence-electron chi connectivity index (χ0n) is 16.2. The van der Waals surface area contributed by atoms with Gasteiger partial charge in [-0.25, -0.2) is 0 Å². The van der Waals surface area contributed by atoms with Crippen molar-refractivity contribution in [2.75, 3.05) is 0 Å². The molecule has 1 aliphatic carbocycles. The van der Waals surface area contributed by atoms with Crippen molar-refractivity contribution in [1.82, 2.24) is 5.32 Å². The predicted octanol–water partition coefficient (Wildman–Crippen LogP) is 4.95. The second-order valence-corrected chi connectivity index (χ2v) is 8.19. The van der Waals surface area contributed by atoms with Crippen LogP contribution in [-0.4, -0.2) is 12.0 Å². The van der Waals surface area contributed by atoms with E-state index in [0.717, 1.165) is 25.0 Å². The van der Waals surface area contributed by atoms with Gasteiger partial charge in [0.1, 0.15) is 5.75 Å². The normalized spacial score (nSPS) is 17.9. The molecule has 0 heterocycles. The van der Waals surface area contributed by atoms with Gasteiger partial charge >= 0.3 is 0 Å². The summed E-state index contributed by atoms with van der Waals surface area (Å²) < 4.78 is 5.86. The second-order valence-electron chi connectivity index (χ2n) is 8.19. The summed E-state index contributed by atoms with van der Waals surface area (Å²) in [6.45, 7) is 8.35. The van der Waals surface area contributed by atoms with Crippen LogP contribution >= 0.6 is 0 Å². The highest BCUT2D eigenvalue weighted by Crippen LogP contribution is 2.29. The van der Waals surface area contributed by atoms with E-state index >= 15 is 0 Å². The van der Waals surface area contributed by atoms with Crippen LogP contribution in [0.2, 0.25) is 0 Å². The molecule has 0 fully saturated rings. The lowest BCUT2D eigenvalue weighted by molar-refractivity contribution is -0.128. The van der Waals surface area contributed by atoms with Gasteiger partial charge in [0, 0.05) is 0 Å². The first-order chi connectivity index (χ1) is 12.3. The maximum absolute atomic E-state index is 12.6. The Bertz CT molecular complexity index is 759. The van der Waals surface area contributed by atoms with E-state index in [-0.39, 0.29) is 17.4 Å². The Morgan fingerprint density at radius 3 is 2.50 bits per heavy atom. The lowest BCUT2D eigenvalue weighted by Gasteiger charge is -2.27. The SMILES string of the molecule is C[C@H](Oc1ccc(C(C)(C)C)cc1)C(=O)N[C@@H]1CCCc2ccccc21. The summed E-state index contributed by atoms with van der Waals surface area (Å²) in [6.07, 6.45) is 2.65. The molecule has 0 radical (unpaired) electrons. The fourth-order valence-electron chi connectivity index (χ4n) is 3.48. The Hall–Kier alpha value is -2.29. The molecular weight excluding hydrogens is 322 g/mol. The molecule has 1 N–H and O–H groups in total. The van der Waals surface area contributed by atoms with Gasteiger partial charge < -0.3 is 10.1 Å². The van der Waals surface area contributed by atoms with Crippen LogP contribution in [0, 0.1) is 0 Å². The molecule has 0 saturated carbocycles. The van der Waals surface area contributed by atoms with E-state index in [1.807, 2.05) is 25.1 Å². The number of aryl methyl sites for hydroxylation is 1. The Morgan fingerprint density at radius 1 is 1.12 bits per heavy atom. The second kappa shape index (κ2) is 7.53. The number of hydrogen-bond acceptors (Lipinski definition) is 2. The van der Waals surface area contributed by atoms with Gasteiger partial charge in [0.25, 0.3) is 5.91 Å². The van der Waals surface area contributed by atoms with E-state index in [9.17, 15) is 4.79 Å². The summed E-state index contributed by atoms with van der Waals surface area (Å²) in [5.41, 5.74) is 3.94. The monoisotopic (exact) mass is 351 g/mol. The van der Waals surface area contributed by atoms with Crippen molar-refractivity contribution in [3.05, 3.63) is 65.2 Å². The third-order valence-corrected chi connectivity index (χ3v) is 5.09. The molecule has 1 amide bonds. The van der Waals surface area contributed by atoms with Crippen LogP contribution < -0.4 is 10.1 Å². The van der Waals surface area contributed by atoms with E-state index < -0.39 is 6.10 Å². The van der Waals surface area contributed by atoms with Crippen molar-refractivity contribution < 1.29 is 9.53 Å². The molecule has 0 aliphatic heterocycles. The quantitative estimate of drug-likeness (QED) is 0.847. The summed E-state index contributed by atoms with van der Waals surface area (Å²) in [7, 11) is 0. The first kappa shape index (κ1) is 18.5. The zero-order valence-corrected chi connectivity index (χ0v) is 16.2. The van der Waals surface area contributed by atoms with Crippen LogP contribution in [0.3, 0.4) is 0 Å². The van der Waals surface area contributed by atoms with Gasteiger partial charge in [-0.2, -0.15) is 0 Å². The standard InChI is InChI=1S/C23H29NO2/c1-16(26-19-14-12-18(13-15-19)23(2,3)4)22(25)24-21-11-7-9-17-8-5-6-10-20(17)21/h5-6,8,10,12-16,21H,7,9,11H2,1-4H3,(H,24,25)/t16-,21+/m0/s1. The summed E-state index contributed by atoms with van der Waals surface area (Å²) in [4.78, 5) is 12.6. The van der Waals surface area contributed by atoms with E-state index in [4.69, 9.17) is 4.74 Å². The Balaban J connectivity index is 1.62. The number of fused-ring (bicyclic) bond motifs is 1. The third kappa shape index (κ3) is 4.27. The first-order valence-electron chi connectivity index (χ1n) is 9.50. The minimum Gasteiger partial charge on any atom is -0.481 e. The van der Waals surface area contributed by atoms with E-state index in [1.165, 1.54) is 16.7 Å². The molecule has 3 heteroatoms. The lowest BCUT2D eigenvalue weighted by Crippen LogP contribution is -2.39. The smallest absolute Gasteiger partial charge is 0.261 e. The molecule has 0 saturated heterocycles. The van der Waals surface area contributed by atoms with E-state index in [0.29, 0.717) is 0 Å². The molecule has 1 aliphatic rings. The van der Waals surface area contributed by atoms with Gasteiger partial charge in [-0.15, -0.1) is 0 Å². The highest BCUT2D eigenvalue weighted by Gasteiger charge is 2.24. The summed E-state index contributed by atoms with van der Waals surface area (Å²) in [6, 6.07) is 16.5. The fourth-order valence-corrected chi connectivity index (χ4v) is 3.48. The molecule has 2 aromatic rings. The average molecular weight is 351 g/mol. The molecule has 3 rings (SSSR count). The molecule has 2 atom stereocenters. The highest BCUT2D eigenvalue weighted by molar-refractivity contribution is 5.81. The Labute approximate surface area is 156 Å². The molecule has 138 valence electrons. The number of nitrogens with one attached hydrogen (secondary N) is 1. The molecule has 0 aromatic heterocycles. The zero-order chi connectivity index (χ0) is 18.7. The molecule has 0 bridgehead atoms. The number of benzene rings is 2. The van der Waals surface area contributed by atoms with Crippen LogP contribution in [0.1, 0.15) is 63.3 Å². The topological polar surface area (TPSA) is 38.3 Å². The van der Waals surface area contributed by atoms with Crippen LogP contribution in [0.25, 0.3) is 0 Å². The van der Waals surface area contributed by atoms with Crippen molar-refractivity contribution in [3.63, 3.8) is 0 Å². The third-order valence-electron chi connectivity index (χ3n) is 5.09. The largest absolute Gasteiger partial charge is 0.481 e. The molecule has 26 heavy (non-hydrogen) atoms. The van der Waals surface area contributed by atoms with Crippen molar-refractivity contribution in [1.29, 1.82) is 0 Å². The van der Waals surface area contributed by atoms with Crippen LogP contribution in [0.4, 0.5) is 0 Å². The summed E-state index contributed by atoms with van der Waals surface area (Å²) in [5.74, 6) is 0.663. The Kier molecular flexibility index (Phi) is 5.36. The van der Waals surface area contributed by atoms with Crippen LogP contribution in [-0.2, 0) is 16.6 Å². The highest BCUT2D eigenvalue weighted by atomic mass is 16.5. The average Bonchev–Trinajstić information content (AvgIpc) is 2.61. The summed E-state index contributed by atoms with van der Waals surface area (Å²) in [5, 5.41) is 3.17. The number of hydrogen-bond donors (Lipinski definition) is 1. The minimum atomic E-state index is -0.524. The van der Waals surface area contributed by atoms with Crippen molar-refractivity contribution in [2.45, 2.75) is 64.5 Å². The van der Waals surface area contributed by atoms with Crippen LogP contribution in [0.5, 0.6) is 5.75 Å². The maximum atomic E-state index is 12.6.